The first kappa shape index (κ1) is 37.2. The molecule has 6 nitrogen and oxygen atoms in total. The quantitative estimate of drug-likeness (QED) is 0.0531. The maximum Gasteiger partial charge on any atom is 0.338 e. The smallest absolute Gasteiger partial charge is 0.338 e. The highest BCUT2D eigenvalue weighted by molar-refractivity contribution is 5.89. The fourth-order valence-electron chi connectivity index (χ4n) is 6.30. The zero-order chi connectivity index (χ0) is 35.7. The second-order valence-corrected chi connectivity index (χ2v) is 12.8. The van der Waals surface area contributed by atoms with Crippen molar-refractivity contribution < 1.29 is 28.9 Å². The van der Waals surface area contributed by atoms with E-state index in [2.05, 4.69) is 6.92 Å². The first-order chi connectivity index (χ1) is 25.0. The van der Waals surface area contributed by atoms with E-state index in [1.54, 1.807) is 12.1 Å². The molecule has 51 heavy (non-hydrogen) atoms. The van der Waals surface area contributed by atoms with Gasteiger partial charge in [0.15, 0.2) is 0 Å². The number of rotatable bonds is 19. The lowest BCUT2D eigenvalue weighted by molar-refractivity contribution is -0.159. The summed E-state index contributed by atoms with van der Waals surface area (Å²) >= 11 is 0. The standard InChI is InChI=1S/C45H48O6/c1-2-3-4-17-31-49-43(47)37-22-18-21-35(32-37)29-30-42(46)41(44(48)50-33-36-19-9-5-10-20-36)34-51-45(38-23-11-6-12-24-38,39-25-13-7-14-26-39)40-27-15-8-16-28-40/h5-16,18-28,32,41-42,46H,2-4,17,29-31,33-34H2,1H3/t41-,42-/m0/s1. The van der Waals surface area contributed by atoms with Crippen LogP contribution in [0.25, 0.3) is 0 Å². The zero-order valence-electron chi connectivity index (χ0n) is 29.4. The average molecular weight is 685 g/mol. The van der Waals surface area contributed by atoms with Crippen LogP contribution in [0.1, 0.15) is 77.2 Å². The second-order valence-electron chi connectivity index (χ2n) is 12.8. The van der Waals surface area contributed by atoms with Gasteiger partial charge in [0, 0.05) is 0 Å². The highest BCUT2D eigenvalue weighted by Gasteiger charge is 2.40. The van der Waals surface area contributed by atoms with Gasteiger partial charge in [0.25, 0.3) is 0 Å². The topological polar surface area (TPSA) is 82.1 Å². The molecule has 0 fully saturated rings. The van der Waals surface area contributed by atoms with Crippen molar-refractivity contribution >= 4 is 11.9 Å². The van der Waals surface area contributed by atoms with Crippen molar-refractivity contribution in [2.45, 2.75) is 63.8 Å². The first-order valence-corrected chi connectivity index (χ1v) is 18.0. The minimum absolute atomic E-state index is 0.0761. The molecule has 0 amide bonds. The van der Waals surface area contributed by atoms with E-state index < -0.39 is 23.6 Å². The van der Waals surface area contributed by atoms with Crippen LogP contribution < -0.4 is 0 Å². The number of hydrogen-bond acceptors (Lipinski definition) is 6. The van der Waals surface area contributed by atoms with E-state index in [-0.39, 0.29) is 25.6 Å². The monoisotopic (exact) mass is 684 g/mol. The van der Waals surface area contributed by atoms with Gasteiger partial charge in [-0.2, -0.15) is 0 Å². The van der Waals surface area contributed by atoms with Crippen LogP contribution in [0, 0.1) is 5.92 Å². The SMILES string of the molecule is CCCCCCOC(=O)c1cccc(CC[C@H](O)[C@H](COC(c2ccccc2)(c2ccccc2)c2ccccc2)C(=O)OCc2ccccc2)c1. The summed E-state index contributed by atoms with van der Waals surface area (Å²) in [4.78, 5) is 26.6. The van der Waals surface area contributed by atoms with Crippen LogP contribution in [0.5, 0.6) is 0 Å². The maximum absolute atomic E-state index is 13.9. The number of carbonyl (C=O) groups is 2. The van der Waals surface area contributed by atoms with Crippen LogP contribution in [-0.4, -0.2) is 36.4 Å². The lowest BCUT2D eigenvalue weighted by Gasteiger charge is -2.37. The summed E-state index contributed by atoms with van der Waals surface area (Å²) in [7, 11) is 0. The molecule has 0 saturated carbocycles. The molecule has 0 spiro atoms. The summed E-state index contributed by atoms with van der Waals surface area (Å²) in [6.07, 6.45) is 3.70. The van der Waals surface area contributed by atoms with Crippen molar-refractivity contribution in [3.05, 3.63) is 179 Å². The maximum atomic E-state index is 13.9. The van der Waals surface area contributed by atoms with Crippen LogP contribution in [-0.2, 0) is 37.6 Å². The Hall–Kier alpha value is -5.04. The molecule has 0 aliphatic rings. The number of ether oxygens (including phenoxy) is 3. The Balaban J connectivity index is 1.38. The van der Waals surface area contributed by atoms with Crippen molar-refractivity contribution in [3.8, 4) is 0 Å². The minimum Gasteiger partial charge on any atom is -0.462 e. The van der Waals surface area contributed by atoms with Gasteiger partial charge >= 0.3 is 11.9 Å². The van der Waals surface area contributed by atoms with E-state index in [0.29, 0.717) is 18.6 Å². The largest absolute Gasteiger partial charge is 0.462 e. The highest BCUT2D eigenvalue weighted by Crippen LogP contribution is 2.41. The van der Waals surface area contributed by atoms with Gasteiger partial charge in [-0.15, -0.1) is 0 Å². The number of aliphatic hydroxyl groups is 1. The zero-order valence-corrected chi connectivity index (χ0v) is 29.4. The molecule has 1 N–H and O–H groups in total. The van der Waals surface area contributed by atoms with E-state index in [4.69, 9.17) is 14.2 Å². The van der Waals surface area contributed by atoms with Crippen molar-refractivity contribution in [2.24, 2.45) is 5.92 Å². The molecule has 5 rings (SSSR count). The van der Waals surface area contributed by atoms with Crippen LogP contribution >= 0.6 is 0 Å². The molecule has 5 aromatic carbocycles. The molecule has 5 aromatic rings. The molecule has 2 atom stereocenters. The molecular formula is C45H48O6. The third-order valence-corrected chi connectivity index (χ3v) is 9.13. The van der Waals surface area contributed by atoms with E-state index in [1.807, 2.05) is 133 Å². The predicted octanol–water partition coefficient (Wildman–Crippen LogP) is 9.09. The summed E-state index contributed by atoms with van der Waals surface area (Å²) in [6, 6.07) is 46.5. The van der Waals surface area contributed by atoms with Gasteiger partial charge in [-0.1, -0.05) is 160 Å². The highest BCUT2D eigenvalue weighted by atomic mass is 16.5. The van der Waals surface area contributed by atoms with Gasteiger partial charge in [0.2, 0.25) is 0 Å². The minimum atomic E-state index is -1.09. The summed E-state index contributed by atoms with van der Waals surface area (Å²) in [5.74, 6) is -1.90. The van der Waals surface area contributed by atoms with Crippen LogP contribution in [0.2, 0.25) is 0 Å². The molecule has 0 radical (unpaired) electrons. The van der Waals surface area contributed by atoms with Crippen molar-refractivity contribution in [1.29, 1.82) is 0 Å². The number of aliphatic hydroxyl groups excluding tert-OH is 1. The summed E-state index contributed by atoms with van der Waals surface area (Å²) in [5, 5.41) is 11.7. The number of unbranched alkanes of at least 4 members (excludes halogenated alkanes) is 3. The van der Waals surface area contributed by atoms with Crippen molar-refractivity contribution in [3.63, 3.8) is 0 Å². The normalized spacial score (nSPS) is 12.5. The van der Waals surface area contributed by atoms with E-state index in [0.717, 1.165) is 53.5 Å². The van der Waals surface area contributed by atoms with Gasteiger partial charge in [-0.3, -0.25) is 4.79 Å². The first-order valence-electron chi connectivity index (χ1n) is 18.0. The Bertz CT molecular complexity index is 1660. The molecule has 0 heterocycles. The lowest BCUT2D eigenvalue weighted by Crippen LogP contribution is -2.40. The second kappa shape index (κ2) is 19.4. The molecular weight excluding hydrogens is 636 g/mol. The van der Waals surface area contributed by atoms with Crippen LogP contribution in [0.4, 0.5) is 0 Å². The fourth-order valence-corrected chi connectivity index (χ4v) is 6.30. The molecule has 6 heteroatoms. The Labute approximate surface area is 302 Å². The number of benzene rings is 5. The molecule has 0 unspecified atom stereocenters. The molecule has 0 aliphatic heterocycles. The van der Waals surface area contributed by atoms with Gasteiger partial charge in [0.05, 0.1) is 24.9 Å². The number of hydrogen-bond donors (Lipinski definition) is 1. The van der Waals surface area contributed by atoms with Crippen molar-refractivity contribution in [2.75, 3.05) is 13.2 Å². The van der Waals surface area contributed by atoms with E-state index in [1.165, 1.54) is 0 Å². The Morgan fingerprint density at radius 2 is 1.20 bits per heavy atom. The van der Waals surface area contributed by atoms with Crippen LogP contribution in [0.3, 0.4) is 0 Å². The van der Waals surface area contributed by atoms with E-state index in [9.17, 15) is 14.7 Å². The van der Waals surface area contributed by atoms with Gasteiger partial charge in [-0.05, 0) is 59.2 Å². The Kier molecular flexibility index (Phi) is 14.1. The number of carbonyl (C=O) groups excluding carboxylic acids is 2. The molecule has 0 saturated heterocycles. The van der Waals surface area contributed by atoms with Crippen molar-refractivity contribution in [1.82, 2.24) is 0 Å². The van der Waals surface area contributed by atoms with Gasteiger partial charge in [-0.25, -0.2) is 4.79 Å². The summed E-state index contributed by atoms with van der Waals surface area (Å²) in [5.41, 5.74) is 3.78. The van der Waals surface area contributed by atoms with E-state index >= 15 is 0 Å². The fraction of sp³-hybridized carbons (Fsp3) is 0.289. The summed E-state index contributed by atoms with van der Waals surface area (Å²) in [6.45, 7) is 2.50. The van der Waals surface area contributed by atoms with Gasteiger partial charge in [0.1, 0.15) is 18.1 Å². The molecule has 264 valence electrons. The summed E-state index contributed by atoms with van der Waals surface area (Å²) < 4.78 is 18.3. The third-order valence-electron chi connectivity index (χ3n) is 9.13. The third kappa shape index (κ3) is 10.3. The predicted molar refractivity (Wildman–Crippen MR) is 200 cm³/mol. The Morgan fingerprint density at radius 1 is 0.647 bits per heavy atom. The molecule has 0 bridgehead atoms. The lowest BCUT2D eigenvalue weighted by atomic mass is 9.80. The van der Waals surface area contributed by atoms with Crippen LogP contribution in [0.15, 0.2) is 146 Å². The number of aryl methyl sites for hydroxylation is 1. The Morgan fingerprint density at radius 3 is 1.76 bits per heavy atom. The van der Waals surface area contributed by atoms with Gasteiger partial charge < -0.3 is 19.3 Å². The molecule has 0 aromatic heterocycles. The average Bonchev–Trinajstić information content (AvgIpc) is 3.19. The number of esters is 2. The molecule has 0 aliphatic carbocycles.